The Kier molecular flexibility index (Phi) is 3.64. The van der Waals surface area contributed by atoms with Crippen LogP contribution in [-0.2, 0) is 6.54 Å². The number of phenols is 1. The molecule has 2 nitrogen and oxygen atoms in total. The molecule has 0 saturated carbocycles. The van der Waals surface area contributed by atoms with Crippen molar-refractivity contribution in [2.24, 2.45) is 0 Å². The molecule has 0 heterocycles. The van der Waals surface area contributed by atoms with Gasteiger partial charge in [-0.05, 0) is 48.0 Å². The highest BCUT2D eigenvalue weighted by molar-refractivity contribution is 9.10. The summed E-state index contributed by atoms with van der Waals surface area (Å²) in [5.74, 6) is -0.0295. The second-order valence-corrected chi connectivity index (χ2v) is 4.49. The van der Waals surface area contributed by atoms with Crippen LogP contribution in [0.1, 0.15) is 5.56 Å². The molecule has 0 radical (unpaired) electrons. The van der Waals surface area contributed by atoms with Crippen LogP contribution in [0.25, 0.3) is 0 Å². The molecule has 2 rings (SSSR count). The van der Waals surface area contributed by atoms with Gasteiger partial charge in [0, 0.05) is 16.7 Å². The smallest absolute Gasteiger partial charge is 0.123 e. The van der Waals surface area contributed by atoms with Crippen LogP contribution in [0.3, 0.4) is 0 Å². The zero-order valence-corrected chi connectivity index (χ0v) is 10.5. The van der Waals surface area contributed by atoms with Crippen molar-refractivity contribution in [3.8, 4) is 5.75 Å². The number of aromatic hydroxyl groups is 1. The molecule has 2 aromatic rings. The molecular weight excluding hydrogens is 285 g/mol. The molecule has 0 unspecified atom stereocenters. The summed E-state index contributed by atoms with van der Waals surface area (Å²) in [6, 6.07) is 11.3. The molecule has 0 saturated heterocycles. The maximum Gasteiger partial charge on any atom is 0.123 e. The first-order chi connectivity index (χ1) is 8.15. The van der Waals surface area contributed by atoms with E-state index >= 15 is 0 Å². The molecule has 0 aliphatic rings. The van der Waals surface area contributed by atoms with Crippen LogP contribution < -0.4 is 5.32 Å². The van der Waals surface area contributed by atoms with Gasteiger partial charge in [-0.15, -0.1) is 0 Å². The number of phenolic OH excluding ortho intramolecular Hbond substituents is 1. The Balaban J connectivity index is 2.07. The van der Waals surface area contributed by atoms with Gasteiger partial charge in [-0.25, -0.2) is 4.39 Å². The zero-order valence-electron chi connectivity index (χ0n) is 8.95. The van der Waals surface area contributed by atoms with Gasteiger partial charge in [-0.2, -0.15) is 0 Å². The standard InChI is InChI=1S/C13H11BrFNO/c14-13-6-1-10(15)7-9(13)8-16-11-2-4-12(17)5-3-11/h1-7,16-17H,8H2. The van der Waals surface area contributed by atoms with Crippen LogP contribution >= 0.6 is 15.9 Å². The van der Waals surface area contributed by atoms with E-state index in [9.17, 15) is 4.39 Å². The largest absolute Gasteiger partial charge is 0.508 e. The minimum atomic E-state index is -0.254. The van der Waals surface area contributed by atoms with E-state index < -0.39 is 0 Å². The Bertz CT molecular complexity index is 513. The third-order valence-corrected chi connectivity index (χ3v) is 3.13. The number of benzene rings is 2. The number of rotatable bonds is 3. The lowest BCUT2D eigenvalue weighted by Gasteiger charge is -2.08. The van der Waals surface area contributed by atoms with E-state index in [0.29, 0.717) is 6.54 Å². The first kappa shape index (κ1) is 11.9. The number of nitrogens with one attached hydrogen (secondary N) is 1. The van der Waals surface area contributed by atoms with Crippen molar-refractivity contribution in [1.82, 2.24) is 0 Å². The van der Waals surface area contributed by atoms with E-state index in [1.165, 1.54) is 12.1 Å². The molecule has 0 amide bonds. The van der Waals surface area contributed by atoms with Crippen LogP contribution in [0.2, 0.25) is 0 Å². The summed E-state index contributed by atoms with van der Waals surface area (Å²) < 4.78 is 13.9. The van der Waals surface area contributed by atoms with Crippen molar-refractivity contribution in [1.29, 1.82) is 0 Å². The van der Waals surface area contributed by atoms with E-state index in [0.717, 1.165) is 15.7 Å². The summed E-state index contributed by atoms with van der Waals surface area (Å²) in [7, 11) is 0. The third kappa shape index (κ3) is 3.20. The summed E-state index contributed by atoms with van der Waals surface area (Å²) in [5, 5.41) is 12.3. The minimum Gasteiger partial charge on any atom is -0.508 e. The molecule has 4 heteroatoms. The summed E-state index contributed by atoms with van der Waals surface area (Å²) in [5.41, 5.74) is 1.72. The van der Waals surface area contributed by atoms with E-state index in [1.807, 2.05) is 0 Å². The molecular formula is C13H11BrFNO. The zero-order chi connectivity index (χ0) is 12.3. The highest BCUT2D eigenvalue weighted by Gasteiger charge is 2.01. The lowest BCUT2D eigenvalue weighted by Crippen LogP contribution is -2.00. The molecule has 0 aliphatic carbocycles. The lowest BCUT2D eigenvalue weighted by molar-refractivity contribution is 0.475. The van der Waals surface area contributed by atoms with Crippen LogP contribution in [0.4, 0.5) is 10.1 Å². The van der Waals surface area contributed by atoms with Gasteiger partial charge in [0.1, 0.15) is 11.6 Å². The summed E-state index contributed by atoms with van der Waals surface area (Å²) in [6.07, 6.45) is 0. The first-order valence-corrected chi connectivity index (χ1v) is 5.91. The fourth-order valence-corrected chi connectivity index (χ4v) is 1.84. The molecule has 0 aromatic heterocycles. The van der Waals surface area contributed by atoms with Gasteiger partial charge in [0.05, 0.1) is 0 Å². The topological polar surface area (TPSA) is 32.3 Å². The van der Waals surface area contributed by atoms with E-state index in [1.54, 1.807) is 30.3 Å². The molecule has 88 valence electrons. The van der Waals surface area contributed by atoms with Gasteiger partial charge in [0.2, 0.25) is 0 Å². The molecule has 0 spiro atoms. The van der Waals surface area contributed by atoms with Crippen molar-refractivity contribution in [2.75, 3.05) is 5.32 Å². The van der Waals surface area contributed by atoms with E-state index in [4.69, 9.17) is 5.11 Å². The quantitative estimate of drug-likeness (QED) is 0.842. The van der Waals surface area contributed by atoms with Crippen LogP contribution in [0.15, 0.2) is 46.9 Å². The summed E-state index contributed by atoms with van der Waals surface area (Å²) >= 11 is 3.37. The molecule has 0 aliphatic heterocycles. The van der Waals surface area contributed by atoms with Gasteiger partial charge in [0.15, 0.2) is 0 Å². The van der Waals surface area contributed by atoms with Crippen LogP contribution in [-0.4, -0.2) is 5.11 Å². The van der Waals surface area contributed by atoms with Gasteiger partial charge in [0.25, 0.3) is 0 Å². The average molecular weight is 296 g/mol. The molecule has 0 bridgehead atoms. The number of hydrogen-bond acceptors (Lipinski definition) is 2. The van der Waals surface area contributed by atoms with Crippen molar-refractivity contribution < 1.29 is 9.50 Å². The fraction of sp³-hybridized carbons (Fsp3) is 0.0769. The molecule has 0 atom stereocenters. The Hall–Kier alpha value is -1.55. The summed E-state index contributed by atoms with van der Waals surface area (Å²) in [4.78, 5) is 0. The normalized spacial score (nSPS) is 10.2. The Morgan fingerprint density at radius 1 is 1.12 bits per heavy atom. The van der Waals surface area contributed by atoms with Gasteiger partial charge < -0.3 is 10.4 Å². The molecule has 2 N–H and O–H groups in total. The predicted octanol–water partition coefficient (Wildman–Crippen LogP) is 3.91. The number of hydrogen-bond donors (Lipinski definition) is 2. The second kappa shape index (κ2) is 5.19. The minimum absolute atomic E-state index is 0.225. The van der Waals surface area contributed by atoms with E-state index in [2.05, 4.69) is 21.2 Å². The van der Waals surface area contributed by atoms with Crippen molar-refractivity contribution in [3.63, 3.8) is 0 Å². The summed E-state index contributed by atoms with van der Waals surface area (Å²) in [6.45, 7) is 0.517. The monoisotopic (exact) mass is 295 g/mol. The Morgan fingerprint density at radius 2 is 1.82 bits per heavy atom. The SMILES string of the molecule is Oc1ccc(NCc2cc(F)ccc2Br)cc1. The number of anilines is 1. The number of halogens is 2. The average Bonchev–Trinajstić information content (AvgIpc) is 2.32. The first-order valence-electron chi connectivity index (χ1n) is 5.12. The molecule has 2 aromatic carbocycles. The predicted molar refractivity (Wildman–Crippen MR) is 69.5 cm³/mol. The van der Waals surface area contributed by atoms with E-state index in [-0.39, 0.29) is 11.6 Å². The van der Waals surface area contributed by atoms with Gasteiger partial charge in [-0.3, -0.25) is 0 Å². The van der Waals surface area contributed by atoms with Crippen LogP contribution in [0, 0.1) is 5.82 Å². The van der Waals surface area contributed by atoms with Crippen molar-refractivity contribution in [3.05, 3.63) is 58.3 Å². The fourth-order valence-electron chi connectivity index (χ4n) is 1.46. The van der Waals surface area contributed by atoms with Crippen molar-refractivity contribution >= 4 is 21.6 Å². The molecule has 17 heavy (non-hydrogen) atoms. The Labute approximate surface area is 107 Å². The second-order valence-electron chi connectivity index (χ2n) is 3.64. The molecule has 0 fully saturated rings. The Morgan fingerprint density at radius 3 is 2.53 bits per heavy atom. The lowest BCUT2D eigenvalue weighted by atomic mass is 10.2. The van der Waals surface area contributed by atoms with Crippen molar-refractivity contribution in [2.45, 2.75) is 6.54 Å². The maximum atomic E-state index is 13.0. The van der Waals surface area contributed by atoms with Gasteiger partial charge >= 0.3 is 0 Å². The van der Waals surface area contributed by atoms with Gasteiger partial charge in [-0.1, -0.05) is 15.9 Å². The maximum absolute atomic E-state index is 13.0. The third-order valence-electron chi connectivity index (χ3n) is 2.36. The highest BCUT2D eigenvalue weighted by atomic mass is 79.9. The highest BCUT2D eigenvalue weighted by Crippen LogP contribution is 2.20. The van der Waals surface area contributed by atoms with Crippen LogP contribution in [0.5, 0.6) is 5.75 Å².